The lowest BCUT2D eigenvalue weighted by Gasteiger charge is -2.17. The first-order valence-corrected chi connectivity index (χ1v) is 10.0. The van der Waals surface area contributed by atoms with Gasteiger partial charge in [-0.25, -0.2) is 0 Å². The van der Waals surface area contributed by atoms with Gasteiger partial charge in [0.05, 0.1) is 11.6 Å². The summed E-state index contributed by atoms with van der Waals surface area (Å²) in [4.78, 5) is 53.5. The number of carbonyl (C=O) groups is 4. The number of ether oxygens (including phenoxy) is 1. The zero-order valence-corrected chi connectivity index (χ0v) is 17.7. The molecule has 0 radical (unpaired) electrons. The van der Waals surface area contributed by atoms with E-state index in [1.54, 1.807) is 18.7 Å². The van der Waals surface area contributed by atoms with Crippen molar-refractivity contribution in [2.45, 2.75) is 40.5 Å². The fraction of sp³-hybridized carbons (Fsp3) is 0.391. The lowest BCUT2D eigenvalue weighted by molar-refractivity contribution is -0.147. The Kier molecular flexibility index (Phi) is 6.20. The molecule has 158 valence electrons. The normalized spacial score (nSPS) is 16.1. The second kappa shape index (κ2) is 8.65. The van der Waals surface area contributed by atoms with Crippen LogP contribution in [0.4, 0.5) is 5.69 Å². The summed E-state index contributed by atoms with van der Waals surface area (Å²) in [6.45, 7) is 6.70. The summed E-state index contributed by atoms with van der Waals surface area (Å²) in [6, 6.07) is 7.67. The first-order chi connectivity index (χ1) is 14.2. The number of hydrogen-bond donors (Lipinski definition) is 1. The zero-order valence-electron chi connectivity index (χ0n) is 17.7. The van der Waals surface area contributed by atoms with Crippen LogP contribution in [0.3, 0.4) is 0 Å². The monoisotopic (exact) mass is 410 g/mol. The fourth-order valence-electron chi connectivity index (χ4n) is 3.91. The average Bonchev–Trinajstić information content (AvgIpc) is 3.25. The molecule has 7 nitrogen and oxygen atoms in total. The first-order valence-electron chi connectivity index (χ1n) is 10.0. The quantitative estimate of drug-likeness (QED) is 0.559. The first kappa shape index (κ1) is 21.5. The van der Waals surface area contributed by atoms with Crippen molar-refractivity contribution in [1.29, 1.82) is 0 Å². The molecular formula is C23H26N2O5. The number of ketones is 2. The summed E-state index contributed by atoms with van der Waals surface area (Å²) in [5.74, 6) is -1.87. The lowest BCUT2D eigenvalue weighted by Crippen LogP contribution is -2.27. The second-order valence-electron chi connectivity index (χ2n) is 7.64. The van der Waals surface area contributed by atoms with Crippen LogP contribution in [0.1, 0.15) is 57.9 Å². The minimum atomic E-state index is -0.615. The molecule has 2 aromatic rings. The van der Waals surface area contributed by atoms with Crippen molar-refractivity contribution < 1.29 is 23.9 Å². The van der Waals surface area contributed by atoms with Gasteiger partial charge < -0.3 is 14.6 Å². The third kappa shape index (κ3) is 4.20. The minimum absolute atomic E-state index is 0.0532. The molecule has 0 bridgehead atoms. The van der Waals surface area contributed by atoms with E-state index in [2.05, 4.69) is 11.9 Å². The van der Waals surface area contributed by atoms with E-state index in [0.29, 0.717) is 16.8 Å². The Balaban J connectivity index is 1.61. The molecule has 1 atom stereocenters. The third-order valence-corrected chi connectivity index (χ3v) is 5.53. The molecule has 0 saturated carbocycles. The maximum Gasteiger partial charge on any atom is 0.311 e. The van der Waals surface area contributed by atoms with Gasteiger partial charge in [-0.3, -0.25) is 19.2 Å². The number of rotatable bonds is 7. The van der Waals surface area contributed by atoms with Crippen molar-refractivity contribution in [3.8, 4) is 0 Å². The van der Waals surface area contributed by atoms with Crippen molar-refractivity contribution in [2.75, 3.05) is 18.1 Å². The van der Waals surface area contributed by atoms with Crippen LogP contribution < -0.4 is 4.90 Å². The van der Waals surface area contributed by atoms with Gasteiger partial charge in [0, 0.05) is 29.9 Å². The van der Waals surface area contributed by atoms with E-state index in [0.717, 1.165) is 12.1 Å². The summed E-state index contributed by atoms with van der Waals surface area (Å²) < 4.78 is 5.20. The Morgan fingerprint density at radius 1 is 1.17 bits per heavy atom. The number of anilines is 1. The summed E-state index contributed by atoms with van der Waals surface area (Å²) in [6.07, 6.45) is 0.961. The fourth-order valence-corrected chi connectivity index (χ4v) is 3.91. The van der Waals surface area contributed by atoms with Crippen molar-refractivity contribution in [2.24, 2.45) is 5.92 Å². The number of nitrogens with zero attached hydrogens (tertiary/aromatic N) is 1. The number of benzene rings is 1. The predicted octanol–water partition coefficient (Wildman–Crippen LogP) is 3.18. The predicted molar refractivity (Wildman–Crippen MR) is 112 cm³/mol. The topological polar surface area (TPSA) is 96.5 Å². The molecule has 1 aromatic carbocycles. The Hall–Kier alpha value is -3.22. The molecule has 0 unspecified atom stereocenters. The second-order valence-corrected chi connectivity index (χ2v) is 7.64. The Morgan fingerprint density at radius 2 is 1.83 bits per heavy atom. The number of carbonyl (C=O) groups excluding carboxylic acids is 4. The highest BCUT2D eigenvalue weighted by Crippen LogP contribution is 2.26. The van der Waals surface area contributed by atoms with Crippen molar-refractivity contribution >= 4 is 29.1 Å². The summed E-state index contributed by atoms with van der Waals surface area (Å²) in [5.41, 5.74) is 3.83. The van der Waals surface area contributed by atoms with Crippen LogP contribution in [0.2, 0.25) is 0 Å². The smallest absolute Gasteiger partial charge is 0.311 e. The highest BCUT2D eigenvalue weighted by atomic mass is 16.5. The van der Waals surface area contributed by atoms with Crippen LogP contribution in [0.15, 0.2) is 24.3 Å². The highest BCUT2D eigenvalue weighted by molar-refractivity contribution is 6.04. The highest BCUT2D eigenvalue weighted by Gasteiger charge is 2.36. The molecule has 0 aliphatic carbocycles. The van der Waals surface area contributed by atoms with Crippen LogP contribution in [0.5, 0.6) is 0 Å². The largest absolute Gasteiger partial charge is 0.457 e. The molecule has 1 saturated heterocycles. The maximum atomic E-state index is 12.5. The molecule has 1 aromatic heterocycles. The Labute approximate surface area is 175 Å². The number of nitrogens with one attached hydrogen (secondary N) is 1. The van der Waals surface area contributed by atoms with E-state index in [-0.39, 0.29) is 30.3 Å². The van der Waals surface area contributed by atoms with Gasteiger partial charge in [-0.1, -0.05) is 19.1 Å². The number of Topliss-reactive ketones (excluding diaryl/α,β-unsaturated/α-hetero) is 2. The number of aryl methyl sites for hydroxylation is 2. The third-order valence-electron chi connectivity index (χ3n) is 5.53. The zero-order chi connectivity index (χ0) is 22.0. The summed E-state index contributed by atoms with van der Waals surface area (Å²) in [5, 5.41) is 0. The van der Waals surface area contributed by atoms with E-state index in [9.17, 15) is 19.2 Å². The molecule has 1 aliphatic heterocycles. The van der Waals surface area contributed by atoms with E-state index in [4.69, 9.17) is 4.74 Å². The molecule has 7 heteroatoms. The van der Waals surface area contributed by atoms with Gasteiger partial charge in [0.2, 0.25) is 11.7 Å². The SMILES string of the molecule is CCc1ccc(N2C[C@H](C(=O)OCC(=O)c3[nH]c(C)c(C(C)=O)c3C)CC2=O)cc1. The number of H-pyrrole nitrogens is 1. The van der Waals surface area contributed by atoms with Gasteiger partial charge in [0.25, 0.3) is 0 Å². The molecule has 0 spiro atoms. The van der Waals surface area contributed by atoms with E-state index in [1.165, 1.54) is 12.5 Å². The molecule has 1 aliphatic rings. The van der Waals surface area contributed by atoms with Gasteiger partial charge >= 0.3 is 5.97 Å². The van der Waals surface area contributed by atoms with Gasteiger partial charge in [0.15, 0.2) is 12.4 Å². The molecule has 1 N–H and O–H groups in total. The summed E-state index contributed by atoms with van der Waals surface area (Å²) >= 11 is 0. The number of esters is 1. The van der Waals surface area contributed by atoms with Crippen molar-refractivity contribution in [1.82, 2.24) is 4.98 Å². The molecule has 2 heterocycles. The van der Waals surface area contributed by atoms with Crippen LogP contribution in [0, 0.1) is 19.8 Å². The average molecular weight is 410 g/mol. The Morgan fingerprint density at radius 3 is 2.40 bits per heavy atom. The van der Waals surface area contributed by atoms with Gasteiger partial charge in [-0.2, -0.15) is 0 Å². The number of aromatic nitrogens is 1. The standard InChI is InChI=1S/C23H26N2O5/c1-5-16-6-8-18(9-7-16)25-11-17(10-20(25)28)23(29)30-12-19(27)22-13(2)21(15(4)26)14(3)24-22/h6-9,17,24H,5,10-12H2,1-4H3/t17-/m1/s1. The number of aromatic amines is 1. The number of amides is 1. The lowest BCUT2D eigenvalue weighted by atomic mass is 10.1. The summed E-state index contributed by atoms with van der Waals surface area (Å²) in [7, 11) is 0. The molecule has 30 heavy (non-hydrogen) atoms. The van der Waals surface area contributed by atoms with Crippen molar-refractivity contribution in [3.63, 3.8) is 0 Å². The van der Waals surface area contributed by atoms with Crippen LogP contribution in [0.25, 0.3) is 0 Å². The van der Waals surface area contributed by atoms with Crippen molar-refractivity contribution in [3.05, 3.63) is 52.3 Å². The number of hydrogen-bond acceptors (Lipinski definition) is 5. The molecular weight excluding hydrogens is 384 g/mol. The van der Waals surface area contributed by atoms with Crippen LogP contribution >= 0.6 is 0 Å². The minimum Gasteiger partial charge on any atom is -0.457 e. The van der Waals surface area contributed by atoms with E-state index in [1.807, 2.05) is 24.3 Å². The van der Waals surface area contributed by atoms with E-state index >= 15 is 0 Å². The molecule has 1 amide bonds. The van der Waals surface area contributed by atoms with Gasteiger partial charge in [-0.15, -0.1) is 0 Å². The molecule has 1 fully saturated rings. The Bertz CT molecular complexity index is 1000. The maximum absolute atomic E-state index is 12.5. The van der Waals surface area contributed by atoms with Gasteiger partial charge in [-0.05, 0) is 50.5 Å². The van der Waals surface area contributed by atoms with Crippen LogP contribution in [-0.2, 0) is 20.7 Å². The molecule has 3 rings (SSSR count). The van der Waals surface area contributed by atoms with Crippen LogP contribution in [-0.4, -0.2) is 41.6 Å². The van der Waals surface area contributed by atoms with E-state index < -0.39 is 24.3 Å². The van der Waals surface area contributed by atoms with Gasteiger partial charge in [0.1, 0.15) is 0 Å².